The Morgan fingerprint density at radius 3 is 2.44 bits per heavy atom. The molecule has 2 aromatic carbocycles. The van der Waals surface area contributed by atoms with Crippen LogP contribution in [0.1, 0.15) is 5.69 Å². The fourth-order valence-corrected chi connectivity index (χ4v) is 3.37. The van der Waals surface area contributed by atoms with Gasteiger partial charge in [0.1, 0.15) is 16.2 Å². The maximum Gasteiger partial charge on any atom is 0.387 e. The van der Waals surface area contributed by atoms with Crippen LogP contribution in [0.5, 0.6) is 11.5 Å². The van der Waals surface area contributed by atoms with E-state index in [4.69, 9.17) is 4.18 Å². The first-order valence-electron chi connectivity index (χ1n) is 7.21. The second-order valence-electron chi connectivity index (χ2n) is 5.14. The molecular weight excluding hydrogens is 352 g/mol. The lowest BCUT2D eigenvalue weighted by molar-refractivity contribution is -0.0517. The molecule has 0 aliphatic heterocycles. The molecule has 0 spiro atoms. The number of rotatable bonds is 5. The molecule has 0 unspecified atom stereocenters. The summed E-state index contributed by atoms with van der Waals surface area (Å²) in [4.78, 5) is 3.80. The Morgan fingerprint density at radius 2 is 1.68 bits per heavy atom. The van der Waals surface area contributed by atoms with Crippen LogP contribution < -0.4 is 8.92 Å². The highest BCUT2D eigenvalue weighted by molar-refractivity contribution is 7.87. The Balaban J connectivity index is 2.05. The van der Waals surface area contributed by atoms with Gasteiger partial charge in [0, 0.05) is 11.1 Å². The smallest absolute Gasteiger partial charge is 0.387 e. The third-order valence-electron chi connectivity index (χ3n) is 3.36. The van der Waals surface area contributed by atoms with Gasteiger partial charge in [0.05, 0.1) is 0 Å². The van der Waals surface area contributed by atoms with Crippen molar-refractivity contribution in [3.63, 3.8) is 0 Å². The van der Waals surface area contributed by atoms with Gasteiger partial charge in [-0.25, -0.2) is 4.98 Å². The molecule has 130 valence electrons. The molecule has 0 amide bonds. The summed E-state index contributed by atoms with van der Waals surface area (Å²) >= 11 is 0. The molecule has 8 heteroatoms. The topological polar surface area (TPSA) is 65.5 Å². The largest absolute Gasteiger partial charge is 0.433 e. The standard InChI is InChI=1S/C17H13F2NO4S/c1-11-9-10-12-5-4-7-14(16(12)20-11)24-25(21,22)15-8-3-2-6-13(15)23-17(18)19/h2-10,17H,1H3. The molecule has 0 aliphatic carbocycles. The van der Waals surface area contributed by atoms with Crippen LogP contribution in [0.4, 0.5) is 8.78 Å². The summed E-state index contributed by atoms with van der Waals surface area (Å²) in [5, 5.41) is 0.690. The fourth-order valence-electron chi connectivity index (χ4n) is 2.30. The highest BCUT2D eigenvalue weighted by Crippen LogP contribution is 2.31. The average Bonchev–Trinajstić information content (AvgIpc) is 2.55. The zero-order valence-corrected chi connectivity index (χ0v) is 13.8. The van der Waals surface area contributed by atoms with Gasteiger partial charge in [0.2, 0.25) is 0 Å². The van der Waals surface area contributed by atoms with Crippen molar-refractivity contribution < 1.29 is 26.1 Å². The molecule has 0 saturated heterocycles. The van der Waals surface area contributed by atoms with Gasteiger partial charge >= 0.3 is 16.7 Å². The quantitative estimate of drug-likeness (QED) is 0.642. The lowest BCUT2D eigenvalue weighted by atomic mass is 10.2. The number of fused-ring (bicyclic) bond motifs is 1. The number of halogens is 2. The zero-order valence-electron chi connectivity index (χ0n) is 13.0. The number of alkyl halides is 2. The van der Waals surface area contributed by atoms with E-state index in [1.807, 2.05) is 0 Å². The van der Waals surface area contributed by atoms with Gasteiger partial charge in [0.15, 0.2) is 5.75 Å². The number of hydrogen-bond acceptors (Lipinski definition) is 5. The van der Waals surface area contributed by atoms with Gasteiger partial charge in [-0.3, -0.25) is 0 Å². The third-order valence-corrected chi connectivity index (χ3v) is 4.63. The second-order valence-corrected chi connectivity index (χ2v) is 6.66. The Labute approximate surface area is 143 Å². The number of aromatic nitrogens is 1. The molecule has 0 aliphatic rings. The molecule has 3 rings (SSSR count). The minimum absolute atomic E-state index is 0.00745. The van der Waals surface area contributed by atoms with E-state index in [1.54, 1.807) is 31.2 Å². The van der Waals surface area contributed by atoms with Crippen molar-refractivity contribution in [1.29, 1.82) is 0 Å². The molecular formula is C17H13F2NO4S. The number of pyridine rings is 1. The molecule has 0 bridgehead atoms. The molecule has 0 saturated carbocycles. The first-order valence-corrected chi connectivity index (χ1v) is 8.62. The summed E-state index contributed by atoms with van der Waals surface area (Å²) in [6, 6.07) is 13.4. The summed E-state index contributed by atoms with van der Waals surface area (Å²) in [6.45, 7) is -1.39. The summed E-state index contributed by atoms with van der Waals surface area (Å²) in [6.07, 6.45) is 0. The van der Waals surface area contributed by atoms with Crippen molar-refractivity contribution >= 4 is 21.0 Å². The Hall–Kier alpha value is -2.74. The van der Waals surface area contributed by atoms with Crippen LogP contribution >= 0.6 is 0 Å². The molecule has 0 atom stereocenters. The first-order chi connectivity index (χ1) is 11.9. The summed E-state index contributed by atoms with van der Waals surface area (Å²) < 4.78 is 59.5. The summed E-state index contributed by atoms with van der Waals surface area (Å²) in [5.41, 5.74) is 1.04. The Kier molecular flexibility index (Phi) is 4.54. The van der Waals surface area contributed by atoms with Gasteiger partial charge in [0.25, 0.3) is 0 Å². The average molecular weight is 365 g/mol. The van der Waals surface area contributed by atoms with Crippen molar-refractivity contribution in [2.45, 2.75) is 18.4 Å². The Bertz CT molecular complexity index is 1020. The lowest BCUT2D eigenvalue weighted by Gasteiger charge is -2.13. The van der Waals surface area contributed by atoms with Gasteiger partial charge in [-0.15, -0.1) is 0 Å². The minimum atomic E-state index is -4.39. The molecule has 0 N–H and O–H groups in total. The highest BCUT2D eigenvalue weighted by atomic mass is 32.2. The van der Waals surface area contributed by atoms with Crippen LogP contribution in [-0.2, 0) is 10.1 Å². The molecule has 0 radical (unpaired) electrons. The van der Waals surface area contributed by atoms with E-state index in [0.29, 0.717) is 16.6 Å². The van der Waals surface area contributed by atoms with Crippen LogP contribution in [0.15, 0.2) is 59.5 Å². The number of aryl methyl sites for hydroxylation is 1. The monoisotopic (exact) mass is 365 g/mol. The maximum absolute atomic E-state index is 12.6. The zero-order chi connectivity index (χ0) is 18.0. The second kappa shape index (κ2) is 6.64. The van der Waals surface area contributed by atoms with Crippen molar-refractivity contribution in [2.24, 2.45) is 0 Å². The summed E-state index contributed by atoms with van der Waals surface area (Å²) in [5.74, 6) is -0.477. The SMILES string of the molecule is Cc1ccc2cccc(OS(=O)(=O)c3ccccc3OC(F)F)c2n1. The van der Waals surface area contributed by atoms with E-state index < -0.39 is 27.4 Å². The van der Waals surface area contributed by atoms with E-state index >= 15 is 0 Å². The molecule has 5 nitrogen and oxygen atoms in total. The number of nitrogens with zero attached hydrogens (tertiary/aromatic N) is 1. The minimum Gasteiger partial charge on any atom is -0.433 e. The van der Waals surface area contributed by atoms with Gasteiger partial charge < -0.3 is 8.92 Å². The number of para-hydroxylation sites is 2. The normalized spacial score (nSPS) is 11.7. The Morgan fingerprint density at radius 1 is 0.960 bits per heavy atom. The van der Waals surface area contributed by atoms with Gasteiger partial charge in [-0.05, 0) is 31.2 Å². The number of benzene rings is 2. The van der Waals surface area contributed by atoms with E-state index in [9.17, 15) is 17.2 Å². The van der Waals surface area contributed by atoms with Crippen molar-refractivity contribution in [3.05, 3.63) is 60.3 Å². The molecule has 1 heterocycles. The number of ether oxygens (including phenoxy) is 1. The fraction of sp³-hybridized carbons (Fsp3) is 0.118. The van der Waals surface area contributed by atoms with Crippen LogP contribution in [-0.4, -0.2) is 20.0 Å². The van der Waals surface area contributed by atoms with Crippen molar-refractivity contribution in [2.75, 3.05) is 0 Å². The van der Waals surface area contributed by atoms with Crippen molar-refractivity contribution in [1.82, 2.24) is 4.98 Å². The van der Waals surface area contributed by atoms with Crippen molar-refractivity contribution in [3.8, 4) is 11.5 Å². The lowest BCUT2D eigenvalue weighted by Crippen LogP contribution is -2.13. The third kappa shape index (κ3) is 3.69. The molecule has 3 aromatic rings. The van der Waals surface area contributed by atoms with Crippen LogP contribution in [0.2, 0.25) is 0 Å². The van der Waals surface area contributed by atoms with Gasteiger partial charge in [-0.1, -0.05) is 30.3 Å². The summed E-state index contributed by atoms with van der Waals surface area (Å²) in [7, 11) is -4.39. The molecule has 0 fully saturated rings. The van der Waals surface area contributed by atoms with Crippen LogP contribution in [0.25, 0.3) is 10.9 Å². The first kappa shape index (κ1) is 17.1. The van der Waals surface area contributed by atoms with Crippen LogP contribution in [0, 0.1) is 6.92 Å². The molecule has 1 aromatic heterocycles. The highest BCUT2D eigenvalue weighted by Gasteiger charge is 2.24. The van der Waals surface area contributed by atoms with E-state index in [2.05, 4.69) is 9.72 Å². The predicted octanol–water partition coefficient (Wildman–Crippen LogP) is 3.91. The van der Waals surface area contributed by atoms with E-state index in [0.717, 1.165) is 12.1 Å². The number of hydrogen-bond donors (Lipinski definition) is 0. The molecule has 25 heavy (non-hydrogen) atoms. The van der Waals surface area contributed by atoms with E-state index in [1.165, 1.54) is 18.2 Å². The van der Waals surface area contributed by atoms with Gasteiger partial charge in [-0.2, -0.15) is 17.2 Å². The predicted molar refractivity (Wildman–Crippen MR) is 87.4 cm³/mol. The maximum atomic E-state index is 12.6. The van der Waals surface area contributed by atoms with E-state index in [-0.39, 0.29) is 5.75 Å². The van der Waals surface area contributed by atoms with Crippen LogP contribution in [0.3, 0.4) is 0 Å².